The van der Waals surface area contributed by atoms with Crippen LogP contribution in [0.15, 0.2) is 0 Å². The zero-order valence-electron chi connectivity index (χ0n) is 10.7. The van der Waals surface area contributed by atoms with E-state index in [4.69, 9.17) is 10.5 Å². The molecular weight excluding hydrogens is 200 g/mol. The largest absolute Gasteiger partial charge is 0.381 e. The average molecular weight is 226 g/mol. The first-order valence-corrected chi connectivity index (χ1v) is 6.77. The normalized spacial score (nSPS) is 38.8. The lowest BCUT2D eigenvalue weighted by Gasteiger charge is -2.44. The Morgan fingerprint density at radius 3 is 2.88 bits per heavy atom. The molecule has 0 aromatic heterocycles. The van der Waals surface area contributed by atoms with Gasteiger partial charge in [0.25, 0.3) is 0 Å². The topological polar surface area (TPSA) is 38.5 Å². The number of ether oxygens (including phenoxy) is 1. The summed E-state index contributed by atoms with van der Waals surface area (Å²) in [5.41, 5.74) is 5.95. The summed E-state index contributed by atoms with van der Waals surface area (Å²) in [6.07, 6.45) is 3.89. The fourth-order valence-corrected chi connectivity index (χ4v) is 3.36. The lowest BCUT2D eigenvalue weighted by atomic mass is 9.87. The molecule has 2 aliphatic heterocycles. The van der Waals surface area contributed by atoms with Crippen molar-refractivity contribution in [3.05, 3.63) is 0 Å². The van der Waals surface area contributed by atoms with Gasteiger partial charge in [-0.15, -0.1) is 0 Å². The molecule has 3 nitrogen and oxygen atoms in total. The van der Waals surface area contributed by atoms with Crippen molar-refractivity contribution < 1.29 is 4.74 Å². The van der Waals surface area contributed by atoms with Crippen LogP contribution in [0, 0.1) is 11.8 Å². The predicted octanol–water partition coefficient (Wildman–Crippen LogP) is 1.47. The molecule has 0 aromatic rings. The molecule has 0 saturated carbocycles. The van der Waals surface area contributed by atoms with E-state index in [0.717, 1.165) is 31.6 Å². The van der Waals surface area contributed by atoms with Crippen LogP contribution in [0.2, 0.25) is 0 Å². The molecule has 4 atom stereocenters. The quantitative estimate of drug-likeness (QED) is 0.792. The van der Waals surface area contributed by atoms with Gasteiger partial charge in [-0.05, 0) is 44.6 Å². The van der Waals surface area contributed by atoms with Crippen molar-refractivity contribution in [1.29, 1.82) is 0 Å². The summed E-state index contributed by atoms with van der Waals surface area (Å²) in [5, 5.41) is 0. The maximum atomic E-state index is 5.95. The third kappa shape index (κ3) is 2.41. The van der Waals surface area contributed by atoms with Crippen LogP contribution in [0.5, 0.6) is 0 Å². The Balaban J connectivity index is 1.99. The van der Waals surface area contributed by atoms with E-state index < -0.39 is 0 Å². The van der Waals surface area contributed by atoms with Crippen LogP contribution in [-0.4, -0.2) is 43.3 Å². The van der Waals surface area contributed by atoms with Crippen molar-refractivity contribution in [2.24, 2.45) is 17.6 Å². The molecule has 0 spiro atoms. The Kier molecular flexibility index (Phi) is 4.22. The number of hydrogen-bond acceptors (Lipinski definition) is 3. The number of nitrogens with two attached hydrogens (primary N) is 1. The molecule has 16 heavy (non-hydrogen) atoms. The van der Waals surface area contributed by atoms with Gasteiger partial charge >= 0.3 is 0 Å². The zero-order chi connectivity index (χ0) is 11.5. The second-order valence-electron chi connectivity index (χ2n) is 5.52. The van der Waals surface area contributed by atoms with Gasteiger partial charge < -0.3 is 10.5 Å². The summed E-state index contributed by atoms with van der Waals surface area (Å²) in [6.45, 7) is 8.64. The zero-order valence-corrected chi connectivity index (χ0v) is 10.7. The highest BCUT2D eigenvalue weighted by Gasteiger charge is 2.34. The second kappa shape index (κ2) is 5.48. The van der Waals surface area contributed by atoms with E-state index in [1.807, 2.05) is 0 Å². The minimum Gasteiger partial charge on any atom is -0.381 e. The monoisotopic (exact) mass is 226 g/mol. The minimum atomic E-state index is 0.587. The fourth-order valence-electron chi connectivity index (χ4n) is 3.36. The summed E-state index contributed by atoms with van der Waals surface area (Å²) >= 11 is 0. The molecule has 0 aromatic carbocycles. The van der Waals surface area contributed by atoms with Crippen molar-refractivity contribution >= 4 is 0 Å². The molecule has 2 heterocycles. The lowest BCUT2D eigenvalue weighted by Crippen LogP contribution is -2.54. The Hall–Kier alpha value is -0.120. The summed E-state index contributed by atoms with van der Waals surface area (Å²) in [5.74, 6) is 1.47. The van der Waals surface area contributed by atoms with E-state index in [0.29, 0.717) is 12.1 Å². The highest BCUT2D eigenvalue weighted by molar-refractivity contribution is 4.89. The highest BCUT2D eigenvalue weighted by atomic mass is 16.5. The first-order chi connectivity index (χ1) is 7.74. The number of rotatable bonds is 3. The Morgan fingerprint density at radius 2 is 2.25 bits per heavy atom. The summed E-state index contributed by atoms with van der Waals surface area (Å²) in [4.78, 5) is 2.65. The maximum absolute atomic E-state index is 5.95. The van der Waals surface area contributed by atoms with E-state index >= 15 is 0 Å². The summed E-state index contributed by atoms with van der Waals surface area (Å²) in [6, 6.07) is 1.23. The molecular formula is C13H26N2O. The van der Waals surface area contributed by atoms with Crippen molar-refractivity contribution in [3.63, 3.8) is 0 Å². The van der Waals surface area contributed by atoms with Crippen LogP contribution in [0.1, 0.15) is 33.1 Å². The van der Waals surface area contributed by atoms with Gasteiger partial charge in [-0.2, -0.15) is 0 Å². The first kappa shape index (κ1) is 12.3. The van der Waals surface area contributed by atoms with Crippen molar-refractivity contribution in [2.45, 2.75) is 45.2 Å². The van der Waals surface area contributed by atoms with Gasteiger partial charge in [-0.3, -0.25) is 4.90 Å². The molecule has 2 fully saturated rings. The van der Waals surface area contributed by atoms with Crippen LogP contribution in [0.4, 0.5) is 0 Å². The molecule has 3 heteroatoms. The van der Waals surface area contributed by atoms with Gasteiger partial charge in [0.1, 0.15) is 0 Å². The van der Waals surface area contributed by atoms with E-state index in [2.05, 4.69) is 18.7 Å². The van der Waals surface area contributed by atoms with Crippen molar-refractivity contribution in [1.82, 2.24) is 4.90 Å². The SMILES string of the molecule is CC1CCCN(C(C)C2CCOC2)C1CN. The van der Waals surface area contributed by atoms with Gasteiger partial charge in [0.15, 0.2) is 0 Å². The molecule has 94 valence electrons. The predicted molar refractivity (Wildman–Crippen MR) is 66.3 cm³/mol. The Morgan fingerprint density at radius 1 is 1.44 bits per heavy atom. The third-order valence-electron chi connectivity index (χ3n) is 4.57. The molecule has 2 N–H and O–H groups in total. The molecule has 0 amide bonds. The molecule has 4 unspecified atom stereocenters. The number of nitrogens with zero attached hydrogens (tertiary/aromatic N) is 1. The number of hydrogen-bond donors (Lipinski definition) is 1. The highest BCUT2D eigenvalue weighted by Crippen LogP contribution is 2.29. The lowest BCUT2D eigenvalue weighted by molar-refractivity contribution is 0.0394. The molecule has 2 rings (SSSR count). The summed E-state index contributed by atoms with van der Waals surface area (Å²) < 4.78 is 5.51. The Labute approximate surface area is 99.3 Å². The smallest absolute Gasteiger partial charge is 0.0509 e. The molecule has 2 saturated heterocycles. The van der Waals surface area contributed by atoms with E-state index in [-0.39, 0.29) is 0 Å². The van der Waals surface area contributed by atoms with Crippen LogP contribution in [-0.2, 0) is 4.74 Å². The molecule has 0 aliphatic carbocycles. The van der Waals surface area contributed by atoms with Gasteiger partial charge in [-0.25, -0.2) is 0 Å². The number of likely N-dealkylation sites (tertiary alicyclic amines) is 1. The average Bonchev–Trinajstić information content (AvgIpc) is 2.81. The first-order valence-electron chi connectivity index (χ1n) is 6.77. The van der Waals surface area contributed by atoms with Crippen LogP contribution in [0.3, 0.4) is 0 Å². The fraction of sp³-hybridized carbons (Fsp3) is 1.00. The standard InChI is InChI=1S/C13H26N2O/c1-10-4-3-6-15(13(10)8-14)11(2)12-5-7-16-9-12/h10-13H,3-9,14H2,1-2H3. The molecule has 0 bridgehead atoms. The van der Waals surface area contributed by atoms with Gasteiger partial charge in [0.2, 0.25) is 0 Å². The molecule has 0 radical (unpaired) electrons. The van der Waals surface area contributed by atoms with E-state index in [1.165, 1.54) is 25.8 Å². The second-order valence-corrected chi connectivity index (χ2v) is 5.52. The van der Waals surface area contributed by atoms with Crippen molar-refractivity contribution in [2.75, 3.05) is 26.3 Å². The van der Waals surface area contributed by atoms with Gasteiger partial charge in [0, 0.05) is 25.2 Å². The van der Waals surface area contributed by atoms with E-state index in [1.54, 1.807) is 0 Å². The Bertz CT molecular complexity index is 216. The van der Waals surface area contributed by atoms with Crippen LogP contribution < -0.4 is 5.73 Å². The van der Waals surface area contributed by atoms with Crippen molar-refractivity contribution in [3.8, 4) is 0 Å². The maximum Gasteiger partial charge on any atom is 0.0509 e. The van der Waals surface area contributed by atoms with E-state index in [9.17, 15) is 0 Å². The van der Waals surface area contributed by atoms with Gasteiger partial charge in [-0.1, -0.05) is 6.92 Å². The van der Waals surface area contributed by atoms with Gasteiger partial charge in [0.05, 0.1) is 6.61 Å². The minimum absolute atomic E-state index is 0.587. The third-order valence-corrected chi connectivity index (χ3v) is 4.57. The van der Waals surface area contributed by atoms with Crippen LogP contribution >= 0.6 is 0 Å². The number of piperidine rings is 1. The molecule has 2 aliphatic rings. The summed E-state index contributed by atoms with van der Waals surface area (Å²) in [7, 11) is 0. The van der Waals surface area contributed by atoms with Crippen LogP contribution in [0.25, 0.3) is 0 Å².